The maximum Gasteiger partial charge on any atom is 0.236 e. The van der Waals surface area contributed by atoms with Gasteiger partial charge in [0.05, 0.1) is 10.9 Å². The van der Waals surface area contributed by atoms with E-state index in [2.05, 4.69) is 26.0 Å². The molecule has 2 rings (SSSR count). The first-order valence-electron chi connectivity index (χ1n) is 5.97. The van der Waals surface area contributed by atoms with Gasteiger partial charge in [-0.15, -0.1) is 0 Å². The van der Waals surface area contributed by atoms with Crippen molar-refractivity contribution in [3.63, 3.8) is 0 Å². The smallest absolute Gasteiger partial charge is 0.236 e. The third kappa shape index (κ3) is 3.24. The maximum atomic E-state index is 12.3. The minimum atomic E-state index is -3.31. The molecule has 1 fully saturated rings. The molecule has 1 aromatic carbocycles. The molecule has 1 saturated heterocycles. The number of anilines is 1. The summed E-state index contributed by atoms with van der Waals surface area (Å²) >= 11 is 3.35. The first-order chi connectivity index (χ1) is 8.49. The Morgan fingerprint density at radius 1 is 1.44 bits per heavy atom. The molecule has 6 heteroatoms. The number of benzene rings is 1. The molecule has 100 valence electrons. The van der Waals surface area contributed by atoms with Gasteiger partial charge in [-0.2, -0.15) is 0 Å². The van der Waals surface area contributed by atoms with Crippen molar-refractivity contribution >= 4 is 31.6 Å². The number of hydrogen-bond acceptors (Lipinski definition) is 3. The molecule has 1 heterocycles. The van der Waals surface area contributed by atoms with E-state index in [1.807, 2.05) is 19.1 Å². The molecule has 0 aromatic heterocycles. The molecule has 2 N–H and O–H groups in total. The standard InChI is InChI=1S/C12H17BrN2O2S/c1-9-4-5-10(13)7-12(9)15-18(16,17)11-3-2-6-14-8-11/h4-5,7,11,14-15H,2-3,6,8H2,1H3. The lowest BCUT2D eigenvalue weighted by Gasteiger charge is -2.23. The third-order valence-corrected chi connectivity index (χ3v) is 5.42. The number of rotatable bonds is 3. The Kier molecular flexibility index (Phi) is 4.29. The van der Waals surface area contributed by atoms with Crippen LogP contribution in [0.25, 0.3) is 0 Å². The van der Waals surface area contributed by atoms with E-state index in [0.717, 1.165) is 29.4 Å². The van der Waals surface area contributed by atoms with Crippen molar-refractivity contribution in [2.24, 2.45) is 0 Å². The quantitative estimate of drug-likeness (QED) is 0.892. The fourth-order valence-corrected chi connectivity index (χ4v) is 3.89. The first kappa shape index (κ1) is 13.8. The monoisotopic (exact) mass is 332 g/mol. The highest BCUT2D eigenvalue weighted by Crippen LogP contribution is 2.23. The van der Waals surface area contributed by atoms with Crippen LogP contribution < -0.4 is 10.0 Å². The van der Waals surface area contributed by atoms with Crippen LogP contribution in [0, 0.1) is 6.92 Å². The zero-order valence-electron chi connectivity index (χ0n) is 10.2. The average molecular weight is 333 g/mol. The number of piperidine rings is 1. The van der Waals surface area contributed by atoms with Gasteiger partial charge >= 0.3 is 0 Å². The van der Waals surface area contributed by atoms with Gasteiger partial charge in [-0.1, -0.05) is 22.0 Å². The fourth-order valence-electron chi connectivity index (χ4n) is 2.03. The first-order valence-corrected chi connectivity index (χ1v) is 8.31. The minimum absolute atomic E-state index is 0.343. The van der Waals surface area contributed by atoms with Gasteiger partial charge in [-0.25, -0.2) is 8.42 Å². The molecule has 0 amide bonds. The van der Waals surface area contributed by atoms with Gasteiger partial charge in [0, 0.05) is 11.0 Å². The van der Waals surface area contributed by atoms with Crippen molar-refractivity contribution in [2.45, 2.75) is 25.0 Å². The number of aryl methyl sites for hydroxylation is 1. The molecule has 1 aliphatic heterocycles. The highest BCUT2D eigenvalue weighted by Gasteiger charge is 2.27. The van der Waals surface area contributed by atoms with Crippen molar-refractivity contribution in [3.05, 3.63) is 28.2 Å². The number of halogens is 1. The molecule has 1 aliphatic rings. The van der Waals surface area contributed by atoms with Crippen molar-refractivity contribution < 1.29 is 8.42 Å². The largest absolute Gasteiger partial charge is 0.315 e. The van der Waals surface area contributed by atoms with Crippen molar-refractivity contribution in [1.82, 2.24) is 5.32 Å². The Morgan fingerprint density at radius 3 is 2.89 bits per heavy atom. The summed E-state index contributed by atoms with van der Waals surface area (Å²) in [5.74, 6) is 0. The van der Waals surface area contributed by atoms with Gasteiger partial charge in [0.2, 0.25) is 10.0 Å². The molecule has 0 bridgehead atoms. The van der Waals surface area contributed by atoms with E-state index in [4.69, 9.17) is 0 Å². The number of hydrogen-bond donors (Lipinski definition) is 2. The van der Waals surface area contributed by atoms with Crippen LogP contribution in [0.2, 0.25) is 0 Å². The molecular weight excluding hydrogens is 316 g/mol. The molecule has 18 heavy (non-hydrogen) atoms. The summed E-state index contributed by atoms with van der Waals surface area (Å²) in [6.45, 7) is 3.33. The molecule has 0 radical (unpaired) electrons. The third-order valence-electron chi connectivity index (χ3n) is 3.14. The zero-order chi connectivity index (χ0) is 13.2. The molecule has 0 aliphatic carbocycles. The zero-order valence-corrected chi connectivity index (χ0v) is 12.6. The Bertz CT molecular complexity index is 525. The summed E-state index contributed by atoms with van der Waals surface area (Å²) in [6.07, 6.45) is 1.62. The molecule has 0 saturated carbocycles. The molecular formula is C12H17BrN2O2S. The van der Waals surface area contributed by atoms with E-state index >= 15 is 0 Å². The topological polar surface area (TPSA) is 58.2 Å². The number of nitrogens with one attached hydrogen (secondary N) is 2. The van der Waals surface area contributed by atoms with E-state index in [1.54, 1.807) is 6.07 Å². The van der Waals surface area contributed by atoms with Crippen molar-refractivity contribution in [2.75, 3.05) is 17.8 Å². The van der Waals surface area contributed by atoms with Gasteiger partial charge in [-0.05, 0) is 44.0 Å². The second kappa shape index (κ2) is 5.59. The van der Waals surface area contributed by atoms with E-state index in [-0.39, 0.29) is 5.25 Å². The van der Waals surface area contributed by atoms with Crippen LogP contribution in [0.4, 0.5) is 5.69 Å². The maximum absolute atomic E-state index is 12.3. The van der Waals surface area contributed by atoms with E-state index < -0.39 is 10.0 Å². The van der Waals surface area contributed by atoms with Crippen molar-refractivity contribution in [3.8, 4) is 0 Å². The second-order valence-corrected chi connectivity index (χ2v) is 7.45. The van der Waals surface area contributed by atoms with E-state index in [0.29, 0.717) is 12.2 Å². The Balaban J connectivity index is 2.18. The highest BCUT2D eigenvalue weighted by atomic mass is 79.9. The van der Waals surface area contributed by atoms with Crippen LogP contribution in [-0.2, 0) is 10.0 Å². The van der Waals surface area contributed by atoms with Gasteiger partial charge in [0.15, 0.2) is 0 Å². The molecule has 1 unspecified atom stereocenters. The van der Waals surface area contributed by atoms with Crippen LogP contribution in [-0.4, -0.2) is 26.8 Å². The summed E-state index contributed by atoms with van der Waals surface area (Å²) in [4.78, 5) is 0. The normalized spacial score (nSPS) is 20.7. The van der Waals surface area contributed by atoms with E-state index in [9.17, 15) is 8.42 Å². The summed E-state index contributed by atoms with van der Waals surface area (Å²) in [5.41, 5.74) is 1.57. The van der Waals surface area contributed by atoms with Gasteiger partial charge in [0.25, 0.3) is 0 Å². The van der Waals surface area contributed by atoms with Crippen molar-refractivity contribution in [1.29, 1.82) is 0 Å². The van der Waals surface area contributed by atoms with Crippen LogP contribution in [0.15, 0.2) is 22.7 Å². The molecule has 4 nitrogen and oxygen atoms in total. The van der Waals surface area contributed by atoms with Crippen LogP contribution >= 0.6 is 15.9 Å². The lowest BCUT2D eigenvalue weighted by atomic mass is 10.2. The molecule has 1 aromatic rings. The molecule has 0 spiro atoms. The summed E-state index contributed by atoms with van der Waals surface area (Å²) in [5, 5.41) is 2.78. The van der Waals surface area contributed by atoms with Crippen LogP contribution in [0.3, 0.4) is 0 Å². The van der Waals surface area contributed by atoms with Crippen LogP contribution in [0.5, 0.6) is 0 Å². The Hall–Kier alpha value is -0.590. The summed E-state index contributed by atoms with van der Waals surface area (Å²) < 4.78 is 28.1. The van der Waals surface area contributed by atoms with Gasteiger partial charge in [0.1, 0.15) is 0 Å². The lowest BCUT2D eigenvalue weighted by molar-refractivity contribution is 0.499. The summed E-state index contributed by atoms with van der Waals surface area (Å²) in [6, 6.07) is 5.58. The molecule has 1 atom stereocenters. The number of sulfonamides is 1. The lowest BCUT2D eigenvalue weighted by Crippen LogP contribution is -2.41. The van der Waals surface area contributed by atoms with Crippen LogP contribution in [0.1, 0.15) is 18.4 Å². The van der Waals surface area contributed by atoms with E-state index in [1.165, 1.54) is 0 Å². The summed E-state index contributed by atoms with van der Waals surface area (Å²) in [7, 11) is -3.31. The minimum Gasteiger partial charge on any atom is -0.315 e. The highest BCUT2D eigenvalue weighted by molar-refractivity contribution is 9.10. The second-order valence-electron chi connectivity index (χ2n) is 4.57. The SMILES string of the molecule is Cc1ccc(Br)cc1NS(=O)(=O)C1CCCNC1. The predicted octanol–water partition coefficient (Wildman–Crippen LogP) is 2.25. The fraction of sp³-hybridized carbons (Fsp3) is 0.500. The predicted molar refractivity (Wildman–Crippen MR) is 77.3 cm³/mol. The average Bonchev–Trinajstić information content (AvgIpc) is 2.35. The Morgan fingerprint density at radius 2 is 2.22 bits per heavy atom. The Labute approximate surface area is 116 Å². The van der Waals surface area contributed by atoms with Gasteiger partial charge < -0.3 is 5.32 Å². The van der Waals surface area contributed by atoms with Gasteiger partial charge in [-0.3, -0.25) is 4.72 Å².